The SMILES string of the molecule is COc1cc(C(N)=O)ccc1NCC#Cc1cc2c(NC3CCC(N4CC5(CCCOC5)C4)CC3)cccc2n1CC(F)(F)F. The van der Waals surface area contributed by atoms with E-state index in [2.05, 4.69) is 27.4 Å². The third kappa shape index (κ3) is 7.02. The first kappa shape index (κ1) is 31.1. The van der Waals surface area contributed by atoms with Crippen LogP contribution in [0.5, 0.6) is 5.75 Å². The Labute approximate surface area is 261 Å². The van der Waals surface area contributed by atoms with Crippen LogP contribution < -0.4 is 21.1 Å². The predicted molar refractivity (Wildman–Crippen MR) is 169 cm³/mol. The molecule has 6 rings (SSSR count). The average molecular weight is 624 g/mol. The summed E-state index contributed by atoms with van der Waals surface area (Å²) in [4.78, 5) is 14.1. The lowest BCUT2D eigenvalue weighted by Gasteiger charge is -2.55. The van der Waals surface area contributed by atoms with Crippen LogP contribution in [0.1, 0.15) is 54.6 Å². The summed E-state index contributed by atoms with van der Waals surface area (Å²) in [6, 6.07) is 12.8. The minimum atomic E-state index is -4.41. The summed E-state index contributed by atoms with van der Waals surface area (Å²) in [6.45, 7) is 3.07. The van der Waals surface area contributed by atoms with Gasteiger partial charge < -0.3 is 30.4 Å². The van der Waals surface area contributed by atoms with Gasteiger partial charge in [-0.1, -0.05) is 12.0 Å². The molecule has 0 unspecified atom stereocenters. The molecule has 11 heteroatoms. The Morgan fingerprint density at radius 3 is 2.62 bits per heavy atom. The fourth-order valence-electron chi connectivity index (χ4n) is 7.17. The normalized spacial score (nSPS) is 21.5. The second-order valence-electron chi connectivity index (χ2n) is 12.6. The minimum absolute atomic E-state index is 0.152. The van der Waals surface area contributed by atoms with Gasteiger partial charge in [-0.05, 0) is 80.8 Å². The molecule has 240 valence electrons. The molecule has 0 atom stereocenters. The molecule has 8 nitrogen and oxygen atoms in total. The molecule has 3 heterocycles. The zero-order chi connectivity index (χ0) is 31.6. The number of nitrogens with two attached hydrogens (primary N) is 1. The van der Waals surface area contributed by atoms with Crippen molar-refractivity contribution in [3.63, 3.8) is 0 Å². The van der Waals surface area contributed by atoms with Gasteiger partial charge in [-0.2, -0.15) is 13.2 Å². The Kier molecular flexibility index (Phi) is 8.89. The smallest absolute Gasteiger partial charge is 0.406 e. The van der Waals surface area contributed by atoms with Gasteiger partial charge in [0.15, 0.2) is 0 Å². The number of ether oxygens (including phenoxy) is 2. The van der Waals surface area contributed by atoms with Crippen molar-refractivity contribution in [2.45, 2.75) is 63.3 Å². The summed E-state index contributed by atoms with van der Waals surface area (Å²) >= 11 is 0. The number of alkyl halides is 3. The Morgan fingerprint density at radius 2 is 1.93 bits per heavy atom. The van der Waals surface area contributed by atoms with Gasteiger partial charge in [-0.15, -0.1) is 0 Å². The number of methoxy groups -OCH3 is 1. The highest BCUT2D eigenvalue weighted by molar-refractivity contribution is 5.94. The molecule has 0 bridgehead atoms. The molecule has 0 radical (unpaired) electrons. The fraction of sp³-hybridized carbons (Fsp3) is 0.500. The number of aromatic nitrogens is 1. The van der Waals surface area contributed by atoms with E-state index in [9.17, 15) is 18.0 Å². The highest BCUT2D eigenvalue weighted by Crippen LogP contribution is 2.42. The van der Waals surface area contributed by atoms with Crippen LogP contribution in [0.25, 0.3) is 10.9 Å². The molecule has 1 aromatic heterocycles. The van der Waals surface area contributed by atoms with Gasteiger partial charge in [-0.25, -0.2) is 0 Å². The molecular formula is C34H40F3N5O3. The number of anilines is 2. The zero-order valence-electron chi connectivity index (χ0n) is 25.5. The highest BCUT2D eigenvalue weighted by Gasteiger charge is 2.46. The van der Waals surface area contributed by atoms with Gasteiger partial charge in [0.2, 0.25) is 5.91 Å². The molecule has 1 amide bonds. The van der Waals surface area contributed by atoms with Crippen LogP contribution in [0.2, 0.25) is 0 Å². The summed E-state index contributed by atoms with van der Waals surface area (Å²) < 4.78 is 53.4. The first-order chi connectivity index (χ1) is 21.6. The van der Waals surface area contributed by atoms with E-state index in [1.165, 1.54) is 24.2 Å². The molecule has 1 spiro atoms. The maximum absolute atomic E-state index is 13.7. The molecule has 3 fully saturated rings. The number of likely N-dealkylation sites (tertiary alicyclic amines) is 1. The van der Waals surface area contributed by atoms with Gasteiger partial charge in [0.05, 0.1) is 37.2 Å². The monoisotopic (exact) mass is 623 g/mol. The van der Waals surface area contributed by atoms with Crippen LogP contribution in [-0.2, 0) is 11.3 Å². The fourth-order valence-corrected chi connectivity index (χ4v) is 7.17. The maximum Gasteiger partial charge on any atom is 0.406 e. The zero-order valence-corrected chi connectivity index (χ0v) is 25.5. The summed E-state index contributed by atoms with van der Waals surface area (Å²) in [5, 5.41) is 7.48. The highest BCUT2D eigenvalue weighted by atomic mass is 19.4. The largest absolute Gasteiger partial charge is 0.495 e. The number of hydrogen-bond donors (Lipinski definition) is 3. The second-order valence-corrected chi connectivity index (χ2v) is 12.6. The van der Waals surface area contributed by atoms with E-state index in [1.54, 1.807) is 30.3 Å². The number of carbonyl (C=O) groups is 1. The third-order valence-electron chi connectivity index (χ3n) is 9.41. The summed E-state index contributed by atoms with van der Waals surface area (Å²) in [7, 11) is 1.47. The van der Waals surface area contributed by atoms with Crippen molar-refractivity contribution >= 4 is 28.2 Å². The number of rotatable bonds is 8. The van der Waals surface area contributed by atoms with E-state index in [0.717, 1.165) is 69.5 Å². The number of benzene rings is 2. The molecule has 3 aromatic rings. The van der Waals surface area contributed by atoms with Crippen LogP contribution >= 0.6 is 0 Å². The first-order valence-electron chi connectivity index (χ1n) is 15.6. The molecule has 1 aliphatic carbocycles. The van der Waals surface area contributed by atoms with Crippen molar-refractivity contribution < 1.29 is 27.4 Å². The minimum Gasteiger partial charge on any atom is -0.495 e. The number of primary amides is 1. The van der Waals surface area contributed by atoms with Gasteiger partial charge in [0, 0.05) is 53.8 Å². The topological polar surface area (TPSA) is 93.8 Å². The van der Waals surface area contributed by atoms with E-state index >= 15 is 0 Å². The molecule has 2 aliphatic heterocycles. The Morgan fingerprint density at radius 1 is 1.13 bits per heavy atom. The standard InChI is InChI=1S/C34H40F3N5O3/c1-44-31-17-23(32(38)43)8-13-29(31)39-15-3-5-26-18-27-28(6-2-7-30(27)42(26)21-34(35,36)37)40-24-9-11-25(12-10-24)41-19-33(20-41)14-4-16-45-22-33/h2,6-8,13,17-18,24-25,39-40H,4,9-12,14-16,19-22H2,1H3,(H2,38,43). The molecule has 3 aliphatic rings. The number of amides is 1. The Bertz CT molecular complexity index is 1590. The van der Waals surface area contributed by atoms with E-state index in [0.29, 0.717) is 34.0 Å². The van der Waals surface area contributed by atoms with Crippen LogP contribution in [-0.4, -0.2) is 73.6 Å². The summed E-state index contributed by atoms with van der Waals surface area (Å²) in [5.41, 5.74) is 8.22. The summed E-state index contributed by atoms with van der Waals surface area (Å²) in [6.07, 6.45) is 2.28. The number of carbonyl (C=O) groups excluding carboxylic acids is 1. The van der Waals surface area contributed by atoms with Gasteiger partial charge >= 0.3 is 6.18 Å². The molecule has 2 aromatic carbocycles. The first-order valence-corrected chi connectivity index (χ1v) is 15.6. The van der Waals surface area contributed by atoms with Gasteiger partial charge in [0.1, 0.15) is 12.3 Å². The quantitative estimate of drug-likeness (QED) is 0.283. The van der Waals surface area contributed by atoms with Crippen molar-refractivity contribution in [2.24, 2.45) is 11.1 Å². The Hall–Kier alpha value is -3.88. The van der Waals surface area contributed by atoms with Crippen molar-refractivity contribution in [2.75, 3.05) is 50.6 Å². The van der Waals surface area contributed by atoms with E-state index < -0.39 is 18.6 Å². The predicted octanol–water partition coefficient (Wildman–Crippen LogP) is 5.61. The maximum atomic E-state index is 13.7. The molecule has 2 saturated heterocycles. The van der Waals surface area contributed by atoms with Gasteiger partial charge in [-0.3, -0.25) is 9.69 Å². The second kappa shape index (κ2) is 12.9. The number of hydrogen-bond acceptors (Lipinski definition) is 6. The molecule has 1 saturated carbocycles. The van der Waals surface area contributed by atoms with Crippen LogP contribution in [0.15, 0.2) is 42.5 Å². The molecule has 4 N–H and O–H groups in total. The van der Waals surface area contributed by atoms with Gasteiger partial charge in [0.25, 0.3) is 0 Å². The number of nitrogens with zero attached hydrogens (tertiary/aromatic N) is 2. The van der Waals surface area contributed by atoms with Crippen molar-refractivity contribution in [1.82, 2.24) is 9.47 Å². The van der Waals surface area contributed by atoms with Crippen LogP contribution in [0, 0.1) is 17.3 Å². The molecule has 45 heavy (non-hydrogen) atoms. The number of halogens is 3. The third-order valence-corrected chi connectivity index (χ3v) is 9.41. The van der Waals surface area contributed by atoms with E-state index in [4.69, 9.17) is 15.2 Å². The van der Waals surface area contributed by atoms with E-state index in [-0.39, 0.29) is 18.3 Å². The Balaban J connectivity index is 1.13. The number of fused-ring (bicyclic) bond motifs is 1. The summed E-state index contributed by atoms with van der Waals surface area (Å²) in [5.74, 6) is 5.73. The van der Waals surface area contributed by atoms with Crippen molar-refractivity contribution in [3.05, 3.63) is 53.7 Å². The lowest BCUT2D eigenvalue weighted by Crippen LogP contribution is -2.63. The lowest BCUT2D eigenvalue weighted by molar-refractivity contribution is -0.140. The van der Waals surface area contributed by atoms with E-state index in [1.807, 2.05) is 6.07 Å². The average Bonchev–Trinajstić information content (AvgIpc) is 3.35. The van der Waals surface area contributed by atoms with Crippen molar-refractivity contribution in [3.8, 4) is 17.6 Å². The van der Waals surface area contributed by atoms with Crippen molar-refractivity contribution in [1.29, 1.82) is 0 Å². The number of nitrogens with one attached hydrogen (secondary N) is 2. The lowest BCUT2D eigenvalue weighted by atomic mass is 9.73. The van der Waals surface area contributed by atoms with Crippen LogP contribution in [0.3, 0.4) is 0 Å². The van der Waals surface area contributed by atoms with Crippen LogP contribution in [0.4, 0.5) is 24.5 Å². The molecular weight excluding hydrogens is 583 g/mol.